The third kappa shape index (κ3) is 5.43. The smallest absolute Gasteiger partial charge is 0.224 e. The van der Waals surface area contributed by atoms with Gasteiger partial charge in [-0.3, -0.25) is 0 Å². The Morgan fingerprint density at radius 1 is 1.24 bits per heavy atom. The van der Waals surface area contributed by atoms with Crippen LogP contribution in [-0.4, -0.2) is 42.1 Å². The highest BCUT2D eigenvalue weighted by Crippen LogP contribution is 2.11. The SMILES string of the molecule is Cc1cc(NCc2ccco2)nc(NCCCN(C)C)n1. The molecule has 0 saturated carbocycles. The molecule has 0 aliphatic carbocycles. The van der Waals surface area contributed by atoms with Gasteiger partial charge in [0.2, 0.25) is 5.95 Å². The minimum Gasteiger partial charge on any atom is -0.467 e. The minimum atomic E-state index is 0.615. The van der Waals surface area contributed by atoms with E-state index in [-0.39, 0.29) is 0 Å². The lowest BCUT2D eigenvalue weighted by molar-refractivity contribution is 0.405. The molecule has 0 aliphatic rings. The van der Waals surface area contributed by atoms with E-state index in [1.807, 2.05) is 25.1 Å². The zero-order valence-corrected chi connectivity index (χ0v) is 12.9. The van der Waals surface area contributed by atoms with Crippen molar-refractivity contribution in [2.75, 3.05) is 37.8 Å². The molecule has 0 aliphatic heterocycles. The molecule has 114 valence electrons. The maximum atomic E-state index is 5.29. The Hall–Kier alpha value is -2.08. The second kappa shape index (κ2) is 7.64. The second-order valence-electron chi connectivity index (χ2n) is 5.23. The first kappa shape index (κ1) is 15.3. The van der Waals surface area contributed by atoms with Gasteiger partial charge < -0.3 is 20.0 Å². The highest BCUT2D eigenvalue weighted by Gasteiger charge is 2.03. The van der Waals surface area contributed by atoms with Gasteiger partial charge in [-0.1, -0.05) is 0 Å². The predicted molar refractivity (Wildman–Crippen MR) is 84.5 cm³/mol. The molecule has 6 nitrogen and oxygen atoms in total. The van der Waals surface area contributed by atoms with E-state index >= 15 is 0 Å². The number of anilines is 2. The van der Waals surface area contributed by atoms with Crippen molar-refractivity contribution < 1.29 is 4.42 Å². The van der Waals surface area contributed by atoms with Crippen LogP contribution in [0, 0.1) is 6.92 Å². The molecule has 0 saturated heterocycles. The van der Waals surface area contributed by atoms with Crippen molar-refractivity contribution in [1.29, 1.82) is 0 Å². The van der Waals surface area contributed by atoms with Crippen LogP contribution in [0.3, 0.4) is 0 Å². The van der Waals surface area contributed by atoms with Crippen LogP contribution in [-0.2, 0) is 6.54 Å². The van der Waals surface area contributed by atoms with Gasteiger partial charge >= 0.3 is 0 Å². The molecule has 0 amide bonds. The summed E-state index contributed by atoms with van der Waals surface area (Å²) in [5, 5.41) is 6.51. The lowest BCUT2D eigenvalue weighted by Crippen LogP contribution is -2.17. The van der Waals surface area contributed by atoms with Gasteiger partial charge in [0, 0.05) is 18.3 Å². The van der Waals surface area contributed by atoms with Crippen molar-refractivity contribution >= 4 is 11.8 Å². The quantitative estimate of drug-likeness (QED) is 0.727. The lowest BCUT2D eigenvalue weighted by Gasteiger charge is -2.11. The number of aromatic nitrogens is 2. The van der Waals surface area contributed by atoms with E-state index in [2.05, 4.69) is 39.6 Å². The molecule has 2 heterocycles. The molecule has 21 heavy (non-hydrogen) atoms. The van der Waals surface area contributed by atoms with Crippen molar-refractivity contribution in [3.05, 3.63) is 35.9 Å². The second-order valence-corrected chi connectivity index (χ2v) is 5.23. The van der Waals surface area contributed by atoms with E-state index in [0.717, 1.165) is 36.8 Å². The van der Waals surface area contributed by atoms with Crippen molar-refractivity contribution in [2.24, 2.45) is 0 Å². The van der Waals surface area contributed by atoms with Gasteiger partial charge in [0.25, 0.3) is 0 Å². The maximum absolute atomic E-state index is 5.29. The fourth-order valence-electron chi connectivity index (χ4n) is 1.92. The van der Waals surface area contributed by atoms with Crippen molar-refractivity contribution in [1.82, 2.24) is 14.9 Å². The first-order chi connectivity index (χ1) is 10.1. The minimum absolute atomic E-state index is 0.615. The molecular formula is C15H23N5O. The Labute approximate surface area is 125 Å². The Morgan fingerprint density at radius 3 is 2.81 bits per heavy atom. The van der Waals surface area contributed by atoms with Crippen LogP contribution in [0.1, 0.15) is 17.9 Å². The van der Waals surface area contributed by atoms with E-state index in [1.165, 1.54) is 0 Å². The Kier molecular flexibility index (Phi) is 5.57. The Bertz CT molecular complexity index is 539. The summed E-state index contributed by atoms with van der Waals surface area (Å²) in [5.41, 5.74) is 0.932. The molecule has 2 aromatic heterocycles. The summed E-state index contributed by atoms with van der Waals surface area (Å²) in [5.74, 6) is 2.34. The summed E-state index contributed by atoms with van der Waals surface area (Å²) in [7, 11) is 4.14. The number of hydrogen-bond donors (Lipinski definition) is 2. The molecular weight excluding hydrogens is 266 g/mol. The van der Waals surface area contributed by atoms with Gasteiger partial charge in [0.1, 0.15) is 11.6 Å². The first-order valence-electron chi connectivity index (χ1n) is 7.14. The number of aryl methyl sites for hydroxylation is 1. The molecule has 0 radical (unpaired) electrons. The molecule has 2 aromatic rings. The fourth-order valence-corrected chi connectivity index (χ4v) is 1.92. The molecule has 0 aromatic carbocycles. The Balaban J connectivity index is 1.87. The van der Waals surface area contributed by atoms with Crippen LogP contribution in [0.15, 0.2) is 28.9 Å². The predicted octanol–water partition coefficient (Wildman–Crippen LogP) is 2.35. The van der Waals surface area contributed by atoms with Crippen molar-refractivity contribution in [2.45, 2.75) is 19.9 Å². The zero-order chi connectivity index (χ0) is 15.1. The number of nitrogens with zero attached hydrogens (tertiary/aromatic N) is 3. The average molecular weight is 289 g/mol. The summed E-state index contributed by atoms with van der Waals surface area (Å²) < 4.78 is 5.29. The normalized spacial score (nSPS) is 10.9. The van der Waals surface area contributed by atoms with E-state index in [1.54, 1.807) is 6.26 Å². The van der Waals surface area contributed by atoms with Crippen molar-refractivity contribution in [3.63, 3.8) is 0 Å². The van der Waals surface area contributed by atoms with Crippen LogP contribution in [0.25, 0.3) is 0 Å². The fraction of sp³-hybridized carbons (Fsp3) is 0.467. The summed E-state index contributed by atoms with van der Waals surface area (Å²) in [6.45, 7) is 4.48. The van der Waals surface area contributed by atoms with Crippen LogP contribution >= 0.6 is 0 Å². The zero-order valence-electron chi connectivity index (χ0n) is 12.9. The third-order valence-corrected chi connectivity index (χ3v) is 2.94. The van der Waals surface area contributed by atoms with E-state index < -0.39 is 0 Å². The molecule has 2 rings (SSSR count). The van der Waals surface area contributed by atoms with E-state index in [4.69, 9.17) is 4.42 Å². The number of furan rings is 1. The van der Waals surface area contributed by atoms with Gasteiger partial charge in [0.05, 0.1) is 12.8 Å². The molecule has 0 bridgehead atoms. The summed E-state index contributed by atoms with van der Waals surface area (Å²) >= 11 is 0. The van der Waals surface area contributed by atoms with Crippen LogP contribution in [0.4, 0.5) is 11.8 Å². The molecule has 0 atom stereocenters. The van der Waals surface area contributed by atoms with Crippen molar-refractivity contribution in [3.8, 4) is 0 Å². The number of nitrogens with one attached hydrogen (secondary N) is 2. The van der Waals surface area contributed by atoms with Gasteiger partial charge in [-0.05, 0) is 46.1 Å². The molecule has 2 N–H and O–H groups in total. The van der Waals surface area contributed by atoms with Crippen LogP contribution in [0.5, 0.6) is 0 Å². The molecule has 0 unspecified atom stereocenters. The highest BCUT2D eigenvalue weighted by atomic mass is 16.3. The largest absolute Gasteiger partial charge is 0.467 e. The number of rotatable bonds is 8. The van der Waals surface area contributed by atoms with E-state index in [9.17, 15) is 0 Å². The van der Waals surface area contributed by atoms with E-state index in [0.29, 0.717) is 12.5 Å². The van der Waals surface area contributed by atoms with Gasteiger partial charge in [-0.15, -0.1) is 0 Å². The molecule has 6 heteroatoms. The summed E-state index contributed by atoms with van der Waals surface area (Å²) in [4.78, 5) is 11.0. The highest BCUT2D eigenvalue weighted by molar-refractivity contribution is 5.42. The Morgan fingerprint density at radius 2 is 2.10 bits per heavy atom. The number of hydrogen-bond acceptors (Lipinski definition) is 6. The summed E-state index contributed by atoms with van der Waals surface area (Å²) in [6, 6.07) is 5.73. The van der Waals surface area contributed by atoms with Gasteiger partial charge in [-0.2, -0.15) is 4.98 Å². The molecule has 0 spiro atoms. The monoisotopic (exact) mass is 289 g/mol. The first-order valence-corrected chi connectivity index (χ1v) is 7.14. The average Bonchev–Trinajstić information content (AvgIpc) is 2.94. The van der Waals surface area contributed by atoms with Crippen LogP contribution in [0.2, 0.25) is 0 Å². The third-order valence-electron chi connectivity index (χ3n) is 2.94. The van der Waals surface area contributed by atoms with Gasteiger partial charge in [0.15, 0.2) is 0 Å². The van der Waals surface area contributed by atoms with Gasteiger partial charge in [-0.25, -0.2) is 4.98 Å². The molecule has 0 fully saturated rings. The maximum Gasteiger partial charge on any atom is 0.224 e. The lowest BCUT2D eigenvalue weighted by atomic mass is 10.4. The van der Waals surface area contributed by atoms with Crippen LogP contribution < -0.4 is 10.6 Å². The summed E-state index contributed by atoms with van der Waals surface area (Å²) in [6.07, 6.45) is 2.72. The standard InChI is InChI=1S/C15H23N5O/c1-12-10-14(17-11-13-6-4-9-21-13)19-15(18-12)16-7-5-8-20(2)3/h4,6,9-10H,5,7-8,11H2,1-3H3,(H2,16,17,18,19). The topological polar surface area (TPSA) is 66.2 Å².